The Hall–Kier alpha value is -0.820. The molecule has 0 aliphatic heterocycles. The number of nitrogens with one attached hydrogen (secondary N) is 1. The second-order valence-electron chi connectivity index (χ2n) is 7.55. The van der Waals surface area contributed by atoms with Gasteiger partial charge in [0.2, 0.25) is 0 Å². The summed E-state index contributed by atoms with van der Waals surface area (Å²) in [7, 11) is 0. The highest BCUT2D eigenvalue weighted by Gasteiger charge is 2.29. The quantitative estimate of drug-likeness (QED) is 0.836. The molecular weight excluding hydrogens is 242 g/mol. The molecule has 1 nitrogen and oxygen atoms in total. The van der Waals surface area contributed by atoms with Crippen molar-refractivity contribution in [3.8, 4) is 0 Å². The van der Waals surface area contributed by atoms with E-state index in [-0.39, 0.29) is 0 Å². The van der Waals surface area contributed by atoms with Crippen LogP contribution in [0.2, 0.25) is 0 Å². The standard InChI is InChI=1S/C19H31N/c1-15-7-5-6-8-16(15)13-14-20-18-11-9-17(10-12-18)19(2,3)4/h5-8,17-18,20H,9-14H2,1-4H3. The summed E-state index contributed by atoms with van der Waals surface area (Å²) in [6, 6.07) is 9.49. The van der Waals surface area contributed by atoms with Crippen LogP contribution in [0.15, 0.2) is 24.3 Å². The summed E-state index contributed by atoms with van der Waals surface area (Å²) < 4.78 is 0. The SMILES string of the molecule is Cc1ccccc1CCNC1CCC(C(C)(C)C)CC1. The van der Waals surface area contributed by atoms with Crippen LogP contribution >= 0.6 is 0 Å². The summed E-state index contributed by atoms with van der Waals surface area (Å²) in [5.74, 6) is 0.914. The van der Waals surface area contributed by atoms with Crippen molar-refractivity contribution in [2.24, 2.45) is 11.3 Å². The van der Waals surface area contributed by atoms with Gasteiger partial charge in [-0.25, -0.2) is 0 Å². The molecule has 0 saturated heterocycles. The molecule has 0 spiro atoms. The number of hydrogen-bond acceptors (Lipinski definition) is 1. The molecule has 112 valence electrons. The van der Waals surface area contributed by atoms with Gasteiger partial charge in [0.25, 0.3) is 0 Å². The van der Waals surface area contributed by atoms with Crippen LogP contribution in [0.4, 0.5) is 0 Å². The normalized spacial score (nSPS) is 23.8. The van der Waals surface area contributed by atoms with Crippen LogP contribution in [0.25, 0.3) is 0 Å². The lowest BCUT2D eigenvalue weighted by atomic mass is 9.71. The highest BCUT2D eigenvalue weighted by Crippen LogP contribution is 2.37. The average molecular weight is 273 g/mol. The molecule has 1 aromatic rings. The minimum absolute atomic E-state index is 0.492. The Morgan fingerprint density at radius 3 is 2.30 bits per heavy atom. The maximum Gasteiger partial charge on any atom is 0.00674 e. The average Bonchev–Trinajstić information content (AvgIpc) is 2.40. The Bertz CT molecular complexity index is 408. The third-order valence-electron chi connectivity index (χ3n) is 5.04. The fourth-order valence-electron chi connectivity index (χ4n) is 3.47. The van der Waals surface area contributed by atoms with Gasteiger partial charge in [0.15, 0.2) is 0 Å². The van der Waals surface area contributed by atoms with Gasteiger partial charge in [0, 0.05) is 6.04 Å². The van der Waals surface area contributed by atoms with E-state index in [1.165, 1.54) is 36.8 Å². The molecular formula is C19H31N. The summed E-state index contributed by atoms with van der Waals surface area (Å²) in [6.45, 7) is 10.5. The largest absolute Gasteiger partial charge is 0.314 e. The van der Waals surface area contributed by atoms with Gasteiger partial charge in [-0.05, 0) is 68.0 Å². The molecule has 1 saturated carbocycles. The van der Waals surface area contributed by atoms with Crippen molar-refractivity contribution in [3.05, 3.63) is 35.4 Å². The smallest absolute Gasteiger partial charge is 0.00674 e. The fraction of sp³-hybridized carbons (Fsp3) is 0.684. The van der Waals surface area contributed by atoms with E-state index in [1.54, 1.807) is 0 Å². The van der Waals surface area contributed by atoms with Crippen LogP contribution in [-0.2, 0) is 6.42 Å². The van der Waals surface area contributed by atoms with Crippen molar-refractivity contribution in [1.82, 2.24) is 5.32 Å². The van der Waals surface area contributed by atoms with Crippen LogP contribution in [0.1, 0.15) is 57.6 Å². The molecule has 1 aliphatic carbocycles. The number of hydrogen-bond donors (Lipinski definition) is 1. The number of aryl methyl sites for hydroxylation is 1. The molecule has 0 bridgehead atoms. The van der Waals surface area contributed by atoms with Crippen LogP contribution in [0, 0.1) is 18.3 Å². The zero-order valence-corrected chi connectivity index (χ0v) is 13.7. The maximum absolute atomic E-state index is 3.77. The first kappa shape index (κ1) is 15.6. The molecule has 0 radical (unpaired) electrons. The van der Waals surface area contributed by atoms with Crippen molar-refractivity contribution in [2.45, 2.75) is 65.8 Å². The van der Waals surface area contributed by atoms with E-state index in [1.807, 2.05) is 0 Å². The molecule has 0 aromatic heterocycles. The Morgan fingerprint density at radius 1 is 1.05 bits per heavy atom. The van der Waals surface area contributed by atoms with E-state index < -0.39 is 0 Å². The van der Waals surface area contributed by atoms with Gasteiger partial charge < -0.3 is 5.32 Å². The highest BCUT2D eigenvalue weighted by atomic mass is 14.9. The fourth-order valence-corrected chi connectivity index (χ4v) is 3.47. The van der Waals surface area contributed by atoms with Gasteiger partial charge in [0.05, 0.1) is 0 Å². The predicted octanol–water partition coefficient (Wildman–Crippen LogP) is 4.73. The Balaban J connectivity index is 1.71. The van der Waals surface area contributed by atoms with Gasteiger partial charge in [-0.15, -0.1) is 0 Å². The van der Waals surface area contributed by atoms with E-state index in [9.17, 15) is 0 Å². The maximum atomic E-state index is 3.77. The molecule has 0 amide bonds. The summed E-state index contributed by atoms with van der Waals surface area (Å²) in [5.41, 5.74) is 3.40. The topological polar surface area (TPSA) is 12.0 Å². The number of benzene rings is 1. The zero-order chi connectivity index (χ0) is 14.6. The molecule has 1 fully saturated rings. The first-order valence-electron chi connectivity index (χ1n) is 8.24. The Labute approximate surface area is 125 Å². The second-order valence-corrected chi connectivity index (χ2v) is 7.55. The van der Waals surface area contributed by atoms with Crippen molar-refractivity contribution in [1.29, 1.82) is 0 Å². The molecule has 0 atom stereocenters. The van der Waals surface area contributed by atoms with Crippen LogP contribution in [0.3, 0.4) is 0 Å². The van der Waals surface area contributed by atoms with Crippen LogP contribution < -0.4 is 5.32 Å². The van der Waals surface area contributed by atoms with E-state index in [2.05, 4.69) is 57.3 Å². The summed E-state index contributed by atoms with van der Waals surface area (Å²) in [5, 5.41) is 3.77. The minimum Gasteiger partial charge on any atom is -0.314 e. The monoisotopic (exact) mass is 273 g/mol. The highest BCUT2D eigenvalue weighted by molar-refractivity contribution is 5.25. The third kappa shape index (κ3) is 4.34. The van der Waals surface area contributed by atoms with Gasteiger partial charge >= 0.3 is 0 Å². The first-order valence-corrected chi connectivity index (χ1v) is 8.24. The lowest BCUT2D eigenvalue weighted by Gasteiger charge is -2.37. The van der Waals surface area contributed by atoms with Crippen LogP contribution in [0.5, 0.6) is 0 Å². The van der Waals surface area contributed by atoms with E-state index in [0.29, 0.717) is 5.41 Å². The number of rotatable bonds is 4. The Kier molecular flexibility index (Phi) is 5.26. The minimum atomic E-state index is 0.492. The Morgan fingerprint density at radius 2 is 1.70 bits per heavy atom. The molecule has 1 aromatic carbocycles. The molecule has 1 aliphatic rings. The van der Waals surface area contributed by atoms with E-state index >= 15 is 0 Å². The lowest BCUT2D eigenvalue weighted by molar-refractivity contribution is 0.160. The summed E-state index contributed by atoms with van der Waals surface area (Å²) >= 11 is 0. The molecule has 1 heteroatoms. The third-order valence-corrected chi connectivity index (χ3v) is 5.04. The van der Waals surface area contributed by atoms with Crippen molar-refractivity contribution in [3.63, 3.8) is 0 Å². The van der Waals surface area contributed by atoms with Crippen molar-refractivity contribution < 1.29 is 0 Å². The molecule has 1 N–H and O–H groups in total. The summed E-state index contributed by atoms with van der Waals surface area (Å²) in [6.07, 6.45) is 6.66. The van der Waals surface area contributed by atoms with Crippen LogP contribution in [-0.4, -0.2) is 12.6 Å². The zero-order valence-electron chi connectivity index (χ0n) is 13.7. The lowest BCUT2D eigenvalue weighted by Crippen LogP contribution is -2.37. The summed E-state index contributed by atoms with van der Waals surface area (Å²) in [4.78, 5) is 0. The van der Waals surface area contributed by atoms with Gasteiger partial charge in [-0.3, -0.25) is 0 Å². The molecule has 20 heavy (non-hydrogen) atoms. The first-order chi connectivity index (χ1) is 9.47. The predicted molar refractivity (Wildman–Crippen MR) is 88.1 cm³/mol. The van der Waals surface area contributed by atoms with Gasteiger partial charge in [-0.1, -0.05) is 45.0 Å². The van der Waals surface area contributed by atoms with E-state index in [4.69, 9.17) is 0 Å². The molecule has 0 heterocycles. The van der Waals surface area contributed by atoms with Gasteiger partial charge in [0.1, 0.15) is 0 Å². The van der Waals surface area contributed by atoms with E-state index in [0.717, 1.165) is 24.9 Å². The molecule has 2 rings (SSSR count). The van der Waals surface area contributed by atoms with Crippen molar-refractivity contribution >= 4 is 0 Å². The van der Waals surface area contributed by atoms with Crippen molar-refractivity contribution in [2.75, 3.05) is 6.54 Å². The second kappa shape index (κ2) is 6.76. The van der Waals surface area contributed by atoms with Gasteiger partial charge in [-0.2, -0.15) is 0 Å². The molecule has 0 unspecified atom stereocenters.